The molecule has 3 nitrogen and oxygen atoms in total. The molecule has 0 spiro atoms. The van der Waals surface area contributed by atoms with Gasteiger partial charge in [-0.25, -0.2) is 0 Å². The third-order valence-electron chi connectivity index (χ3n) is 2.80. The maximum absolute atomic E-state index is 5.71. The van der Waals surface area contributed by atoms with E-state index in [0.29, 0.717) is 18.0 Å². The standard InChI is InChI=1S/C15H16N2OS/c1-11-3-2-8-17-14(11)10-18-13-6-4-12(5-7-13)9-15(16)19/h2-8H,9-10H2,1H3,(H2,16,19). The fourth-order valence-electron chi connectivity index (χ4n) is 1.73. The molecule has 0 amide bonds. The number of nitrogens with two attached hydrogens (primary N) is 1. The fourth-order valence-corrected chi connectivity index (χ4v) is 1.89. The van der Waals surface area contributed by atoms with Crippen LogP contribution in [-0.4, -0.2) is 9.97 Å². The van der Waals surface area contributed by atoms with Crippen LogP contribution in [0, 0.1) is 6.92 Å². The van der Waals surface area contributed by atoms with Gasteiger partial charge in [-0.3, -0.25) is 4.98 Å². The Bertz CT molecular complexity index is 567. The van der Waals surface area contributed by atoms with E-state index in [-0.39, 0.29) is 0 Å². The lowest BCUT2D eigenvalue weighted by atomic mass is 10.1. The zero-order chi connectivity index (χ0) is 13.7. The van der Waals surface area contributed by atoms with Crippen LogP contribution in [0.2, 0.25) is 0 Å². The molecule has 2 N–H and O–H groups in total. The summed E-state index contributed by atoms with van der Waals surface area (Å²) < 4.78 is 5.71. The van der Waals surface area contributed by atoms with Gasteiger partial charge in [0.1, 0.15) is 12.4 Å². The van der Waals surface area contributed by atoms with Crippen molar-refractivity contribution >= 4 is 17.2 Å². The maximum Gasteiger partial charge on any atom is 0.130 e. The minimum Gasteiger partial charge on any atom is -0.487 e. The molecule has 1 heterocycles. The molecule has 0 unspecified atom stereocenters. The fraction of sp³-hybridized carbons (Fsp3) is 0.200. The van der Waals surface area contributed by atoms with Crippen molar-refractivity contribution in [3.8, 4) is 5.75 Å². The lowest BCUT2D eigenvalue weighted by Crippen LogP contribution is -2.10. The number of nitrogens with zero attached hydrogens (tertiary/aromatic N) is 1. The van der Waals surface area contributed by atoms with E-state index in [1.54, 1.807) is 6.20 Å². The molecule has 2 rings (SSSR count). The molecule has 0 saturated heterocycles. The highest BCUT2D eigenvalue weighted by atomic mass is 32.1. The smallest absolute Gasteiger partial charge is 0.130 e. The van der Waals surface area contributed by atoms with Crippen molar-refractivity contribution < 1.29 is 4.74 Å². The maximum atomic E-state index is 5.71. The van der Waals surface area contributed by atoms with Crippen LogP contribution in [0.15, 0.2) is 42.6 Å². The average Bonchev–Trinajstić information content (AvgIpc) is 2.39. The summed E-state index contributed by atoms with van der Waals surface area (Å²) in [5.41, 5.74) is 8.68. The van der Waals surface area contributed by atoms with Gasteiger partial charge in [-0.1, -0.05) is 30.4 Å². The van der Waals surface area contributed by atoms with Gasteiger partial charge < -0.3 is 10.5 Å². The van der Waals surface area contributed by atoms with Crippen LogP contribution < -0.4 is 10.5 Å². The van der Waals surface area contributed by atoms with Gasteiger partial charge in [0.25, 0.3) is 0 Å². The van der Waals surface area contributed by atoms with Crippen LogP contribution in [0.3, 0.4) is 0 Å². The molecule has 0 aliphatic heterocycles. The molecule has 1 aromatic carbocycles. The third-order valence-corrected chi connectivity index (χ3v) is 2.94. The molecule has 98 valence electrons. The highest BCUT2D eigenvalue weighted by Gasteiger charge is 2.01. The minimum absolute atomic E-state index is 0.474. The number of thiocarbonyl (C=S) groups is 1. The van der Waals surface area contributed by atoms with Crippen molar-refractivity contribution in [2.45, 2.75) is 20.0 Å². The number of benzene rings is 1. The summed E-state index contributed by atoms with van der Waals surface area (Å²) in [7, 11) is 0. The highest BCUT2D eigenvalue weighted by Crippen LogP contribution is 2.15. The van der Waals surface area contributed by atoms with Gasteiger partial charge >= 0.3 is 0 Å². The molecule has 0 saturated carbocycles. The van der Waals surface area contributed by atoms with Crippen LogP contribution in [0.25, 0.3) is 0 Å². The Kier molecular flexibility index (Phi) is 4.47. The van der Waals surface area contributed by atoms with Gasteiger partial charge in [0.15, 0.2) is 0 Å². The van der Waals surface area contributed by atoms with Crippen molar-refractivity contribution in [2.24, 2.45) is 5.73 Å². The van der Waals surface area contributed by atoms with Crippen molar-refractivity contribution in [1.82, 2.24) is 4.98 Å². The normalized spacial score (nSPS) is 10.2. The molecule has 0 radical (unpaired) electrons. The highest BCUT2D eigenvalue weighted by molar-refractivity contribution is 7.80. The largest absolute Gasteiger partial charge is 0.487 e. The van der Waals surface area contributed by atoms with Crippen molar-refractivity contribution in [3.05, 3.63) is 59.4 Å². The number of aromatic nitrogens is 1. The molecular formula is C15H16N2OS. The van der Waals surface area contributed by atoms with E-state index >= 15 is 0 Å². The van der Waals surface area contributed by atoms with Gasteiger partial charge in [-0.15, -0.1) is 0 Å². The molecule has 0 fully saturated rings. The Morgan fingerprint density at radius 1 is 1.26 bits per heavy atom. The predicted molar refractivity (Wildman–Crippen MR) is 80.2 cm³/mol. The van der Waals surface area contributed by atoms with E-state index in [9.17, 15) is 0 Å². The van der Waals surface area contributed by atoms with Gasteiger partial charge in [-0.05, 0) is 36.2 Å². The van der Waals surface area contributed by atoms with Crippen LogP contribution in [0.5, 0.6) is 5.75 Å². The van der Waals surface area contributed by atoms with Crippen LogP contribution in [0.1, 0.15) is 16.8 Å². The zero-order valence-electron chi connectivity index (χ0n) is 10.8. The number of pyridine rings is 1. The van der Waals surface area contributed by atoms with Crippen LogP contribution >= 0.6 is 12.2 Å². The molecule has 0 atom stereocenters. The Morgan fingerprint density at radius 3 is 2.63 bits per heavy atom. The summed E-state index contributed by atoms with van der Waals surface area (Å²) in [5.74, 6) is 0.816. The first-order valence-corrected chi connectivity index (χ1v) is 6.46. The first-order valence-electron chi connectivity index (χ1n) is 6.05. The van der Waals surface area contributed by atoms with E-state index in [1.165, 1.54) is 0 Å². The molecule has 4 heteroatoms. The lowest BCUT2D eigenvalue weighted by Gasteiger charge is -2.08. The van der Waals surface area contributed by atoms with Crippen LogP contribution in [0.4, 0.5) is 0 Å². The first-order chi connectivity index (χ1) is 9.15. The van der Waals surface area contributed by atoms with Gasteiger partial charge in [0.2, 0.25) is 0 Å². The zero-order valence-corrected chi connectivity index (χ0v) is 11.6. The summed E-state index contributed by atoms with van der Waals surface area (Å²) in [6.45, 7) is 2.50. The Labute approximate surface area is 118 Å². The summed E-state index contributed by atoms with van der Waals surface area (Å²) in [4.78, 5) is 4.79. The Balaban J connectivity index is 1.97. The number of aryl methyl sites for hydroxylation is 1. The van der Waals surface area contributed by atoms with Gasteiger partial charge in [0.05, 0.1) is 10.7 Å². The number of hydrogen-bond acceptors (Lipinski definition) is 3. The van der Waals surface area contributed by atoms with E-state index in [4.69, 9.17) is 22.7 Å². The molecular weight excluding hydrogens is 256 g/mol. The predicted octanol–water partition coefficient (Wildman–Crippen LogP) is 2.80. The van der Waals surface area contributed by atoms with E-state index in [2.05, 4.69) is 4.98 Å². The van der Waals surface area contributed by atoms with Crippen molar-refractivity contribution in [2.75, 3.05) is 0 Å². The Hall–Kier alpha value is -1.94. The molecule has 19 heavy (non-hydrogen) atoms. The molecule has 2 aromatic rings. The van der Waals surface area contributed by atoms with E-state index < -0.39 is 0 Å². The lowest BCUT2D eigenvalue weighted by molar-refractivity contribution is 0.300. The van der Waals surface area contributed by atoms with Gasteiger partial charge in [0, 0.05) is 12.6 Å². The van der Waals surface area contributed by atoms with E-state index in [1.807, 2.05) is 43.3 Å². The molecule has 1 aromatic heterocycles. The van der Waals surface area contributed by atoms with Gasteiger partial charge in [-0.2, -0.15) is 0 Å². The monoisotopic (exact) mass is 272 g/mol. The second-order valence-corrected chi connectivity index (χ2v) is 4.87. The Morgan fingerprint density at radius 2 is 2.00 bits per heavy atom. The second-order valence-electron chi connectivity index (χ2n) is 4.34. The van der Waals surface area contributed by atoms with Crippen molar-refractivity contribution in [3.63, 3.8) is 0 Å². The first kappa shape index (κ1) is 13.5. The summed E-state index contributed by atoms with van der Waals surface area (Å²) in [6.07, 6.45) is 2.39. The summed E-state index contributed by atoms with van der Waals surface area (Å²) in [6, 6.07) is 11.7. The third kappa shape index (κ3) is 4.03. The van der Waals surface area contributed by atoms with Crippen molar-refractivity contribution in [1.29, 1.82) is 0 Å². The van der Waals surface area contributed by atoms with E-state index in [0.717, 1.165) is 22.6 Å². The van der Waals surface area contributed by atoms with Crippen LogP contribution in [-0.2, 0) is 13.0 Å². The minimum atomic E-state index is 0.474. The molecule has 0 bridgehead atoms. The molecule has 0 aliphatic rings. The number of rotatable bonds is 5. The number of ether oxygens (including phenoxy) is 1. The average molecular weight is 272 g/mol. The summed E-state index contributed by atoms with van der Waals surface area (Å²) in [5, 5.41) is 0. The molecule has 0 aliphatic carbocycles. The quantitative estimate of drug-likeness (QED) is 0.850. The SMILES string of the molecule is Cc1cccnc1COc1ccc(CC(N)=S)cc1. The summed E-state index contributed by atoms with van der Waals surface area (Å²) >= 11 is 4.88. The topological polar surface area (TPSA) is 48.1 Å². The number of hydrogen-bond donors (Lipinski definition) is 1. The second kappa shape index (κ2) is 6.29.